The van der Waals surface area contributed by atoms with E-state index in [9.17, 15) is 15.3 Å². The van der Waals surface area contributed by atoms with Gasteiger partial charge in [0.1, 0.15) is 34.3 Å². The smallest absolute Gasteiger partial charge is 0.237 e. The van der Waals surface area contributed by atoms with Crippen molar-refractivity contribution in [2.45, 2.75) is 31.0 Å². The predicted octanol–water partition coefficient (Wildman–Crippen LogP) is 4.40. The number of furan rings is 1. The van der Waals surface area contributed by atoms with Gasteiger partial charge in [0.15, 0.2) is 0 Å². The number of anilines is 2. The molecule has 3 aromatic rings. The summed E-state index contributed by atoms with van der Waals surface area (Å²) in [5.41, 5.74) is 9.15. The SMILES string of the molecule is Cc1cccc(C)c1NC(=O)C(C)Sc1nc(N)c(C#N)c(-c2ccco2)c1C#N. The van der Waals surface area contributed by atoms with Gasteiger partial charge in [-0.05, 0) is 44.0 Å². The van der Waals surface area contributed by atoms with Crippen LogP contribution in [0.2, 0.25) is 0 Å². The molecule has 150 valence electrons. The van der Waals surface area contributed by atoms with E-state index < -0.39 is 5.25 Å². The largest absolute Gasteiger partial charge is 0.464 e. The van der Waals surface area contributed by atoms with Crippen molar-refractivity contribution in [1.29, 1.82) is 10.5 Å². The number of para-hydroxylation sites is 1. The molecule has 1 aromatic carbocycles. The second-order valence-electron chi connectivity index (χ2n) is 6.64. The highest BCUT2D eigenvalue weighted by Crippen LogP contribution is 2.37. The topological polar surface area (TPSA) is 129 Å². The number of hydrogen-bond acceptors (Lipinski definition) is 7. The molecule has 0 saturated heterocycles. The summed E-state index contributed by atoms with van der Waals surface area (Å²) in [6.07, 6.45) is 1.45. The minimum Gasteiger partial charge on any atom is -0.464 e. The summed E-state index contributed by atoms with van der Waals surface area (Å²) < 4.78 is 5.40. The lowest BCUT2D eigenvalue weighted by molar-refractivity contribution is -0.115. The van der Waals surface area contributed by atoms with Crippen molar-refractivity contribution in [2.75, 3.05) is 11.1 Å². The van der Waals surface area contributed by atoms with E-state index in [4.69, 9.17) is 10.2 Å². The number of aromatic nitrogens is 1. The zero-order valence-corrected chi connectivity index (χ0v) is 17.5. The lowest BCUT2D eigenvalue weighted by Crippen LogP contribution is -2.23. The third-order valence-electron chi connectivity index (χ3n) is 4.57. The number of nitrogens with two attached hydrogens (primary N) is 1. The monoisotopic (exact) mass is 417 g/mol. The first-order chi connectivity index (χ1) is 14.4. The van der Waals surface area contributed by atoms with Crippen molar-refractivity contribution in [1.82, 2.24) is 4.98 Å². The number of carbonyl (C=O) groups is 1. The summed E-state index contributed by atoms with van der Waals surface area (Å²) in [5.74, 6) is 0.0880. The van der Waals surface area contributed by atoms with E-state index >= 15 is 0 Å². The number of hydrogen-bond donors (Lipinski definition) is 2. The first kappa shape index (κ1) is 21.0. The third kappa shape index (κ3) is 4.00. The van der Waals surface area contributed by atoms with Crippen LogP contribution >= 0.6 is 11.8 Å². The van der Waals surface area contributed by atoms with Gasteiger partial charge in [-0.2, -0.15) is 10.5 Å². The minimum absolute atomic E-state index is 0.0206. The lowest BCUT2D eigenvalue weighted by Gasteiger charge is -2.17. The molecule has 7 nitrogen and oxygen atoms in total. The van der Waals surface area contributed by atoms with Crippen LogP contribution in [0.15, 0.2) is 46.0 Å². The molecule has 0 aliphatic carbocycles. The van der Waals surface area contributed by atoms with Gasteiger partial charge in [0.05, 0.1) is 22.6 Å². The highest BCUT2D eigenvalue weighted by atomic mass is 32.2. The van der Waals surface area contributed by atoms with Gasteiger partial charge < -0.3 is 15.5 Å². The molecule has 30 heavy (non-hydrogen) atoms. The summed E-state index contributed by atoms with van der Waals surface area (Å²) in [6.45, 7) is 5.57. The van der Waals surface area contributed by atoms with Crippen LogP contribution in [0.1, 0.15) is 29.2 Å². The average molecular weight is 417 g/mol. The van der Waals surface area contributed by atoms with Crippen LogP contribution in [0.3, 0.4) is 0 Å². The highest BCUT2D eigenvalue weighted by molar-refractivity contribution is 8.00. The quantitative estimate of drug-likeness (QED) is 0.588. The maximum absolute atomic E-state index is 12.8. The van der Waals surface area contributed by atoms with Gasteiger partial charge in [-0.3, -0.25) is 4.79 Å². The Morgan fingerprint density at radius 2 is 1.83 bits per heavy atom. The Hall–Kier alpha value is -3.75. The van der Waals surface area contributed by atoms with Crippen LogP contribution in [0.4, 0.5) is 11.5 Å². The molecule has 0 spiro atoms. The fourth-order valence-electron chi connectivity index (χ4n) is 3.01. The van der Waals surface area contributed by atoms with Crippen LogP contribution in [-0.4, -0.2) is 16.1 Å². The molecule has 0 bridgehead atoms. The number of nitrogens with one attached hydrogen (secondary N) is 1. The fraction of sp³-hybridized carbons (Fsp3) is 0.182. The van der Waals surface area contributed by atoms with Gasteiger partial charge >= 0.3 is 0 Å². The van der Waals surface area contributed by atoms with Gasteiger partial charge in [0.25, 0.3) is 0 Å². The van der Waals surface area contributed by atoms with E-state index in [-0.39, 0.29) is 33.4 Å². The van der Waals surface area contributed by atoms with Crippen molar-refractivity contribution in [3.63, 3.8) is 0 Å². The Morgan fingerprint density at radius 1 is 1.17 bits per heavy atom. The van der Waals surface area contributed by atoms with Crippen LogP contribution < -0.4 is 11.1 Å². The minimum atomic E-state index is -0.569. The second kappa shape index (κ2) is 8.73. The van der Waals surface area contributed by atoms with Gasteiger partial charge in [-0.1, -0.05) is 30.0 Å². The maximum atomic E-state index is 12.8. The highest BCUT2D eigenvalue weighted by Gasteiger charge is 2.25. The number of pyridine rings is 1. The first-order valence-corrected chi connectivity index (χ1v) is 9.96. The van der Waals surface area contributed by atoms with Crippen LogP contribution in [0, 0.1) is 36.5 Å². The molecule has 0 fully saturated rings. The number of benzene rings is 1. The van der Waals surface area contributed by atoms with Gasteiger partial charge in [0, 0.05) is 5.69 Å². The number of nitrogen functional groups attached to an aromatic ring is 1. The van der Waals surface area contributed by atoms with E-state index in [1.54, 1.807) is 19.1 Å². The van der Waals surface area contributed by atoms with E-state index in [0.717, 1.165) is 28.6 Å². The van der Waals surface area contributed by atoms with Crippen molar-refractivity contribution in [3.8, 4) is 23.5 Å². The number of thioether (sulfide) groups is 1. The molecule has 0 saturated carbocycles. The number of aryl methyl sites for hydroxylation is 2. The molecule has 0 aliphatic rings. The molecular formula is C22H19N5O2S. The molecule has 1 amide bonds. The normalized spacial score (nSPS) is 11.4. The Labute approximate surface area is 178 Å². The summed E-state index contributed by atoms with van der Waals surface area (Å²) in [5, 5.41) is 21.9. The maximum Gasteiger partial charge on any atom is 0.237 e. The summed E-state index contributed by atoms with van der Waals surface area (Å²) in [4.78, 5) is 17.0. The summed E-state index contributed by atoms with van der Waals surface area (Å²) in [6, 6.07) is 13.1. The molecular weight excluding hydrogens is 398 g/mol. The Bertz CT molecular complexity index is 1170. The molecule has 1 unspecified atom stereocenters. The molecule has 3 rings (SSSR count). The Balaban J connectivity index is 1.96. The number of rotatable bonds is 5. The average Bonchev–Trinajstić information content (AvgIpc) is 3.24. The fourth-order valence-corrected chi connectivity index (χ4v) is 3.93. The zero-order chi connectivity index (χ0) is 21.8. The van der Waals surface area contributed by atoms with Gasteiger partial charge in [-0.25, -0.2) is 4.98 Å². The number of nitrogens with zero attached hydrogens (tertiary/aromatic N) is 3. The van der Waals surface area contributed by atoms with Crippen molar-refractivity contribution >= 4 is 29.2 Å². The number of carbonyl (C=O) groups excluding carboxylic acids is 1. The lowest BCUT2D eigenvalue weighted by atomic mass is 10.0. The van der Waals surface area contributed by atoms with Crippen molar-refractivity contribution in [3.05, 3.63) is 58.8 Å². The second-order valence-corrected chi connectivity index (χ2v) is 7.97. The number of amides is 1. The first-order valence-electron chi connectivity index (χ1n) is 9.08. The summed E-state index contributed by atoms with van der Waals surface area (Å²) >= 11 is 1.10. The molecule has 0 aliphatic heterocycles. The molecule has 2 aromatic heterocycles. The van der Waals surface area contributed by atoms with E-state index in [1.165, 1.54) is 6.26 Å². The molecule has 8 heteroatoms. The predicted molar refractivity (Wildman–Crippen MR) is 116 cm³/mol. The standard InChI is InChI=1S/C22H19N5O2S/c1-12-6-4-7-13(2)19(12)26-21(28)14(3)30-22-16(11-24)18(17-8-5-9-29-17)15(10-23)20(25)27-22/h4-9,14H,1-3H3,(H2,25,27)(H,26,28). The van der Waals surface area contributed by atoms with Gasteiger partial charge in [-0.15, -0.1) is 0 Å². The number of nitriles is 2. The van der Waals surface area contributed by atoms with Crippen LogP contribution in [0.25, 0.3) is 11.3 Å². The van der Waals surface area contributed by atoms with Gasteiger partial charge in [0.2, 0.25) is 5.91 Å². The molecule has 1 atom stereocenters. The van der Waals surface area contributed by atoms with E-state index in [1.807, 2.05) is 38.1 Å². The van der Waals surface area contributed by atoms with E-state index in [0.29, 0.717) is 5.76 Å². The van der Waals surface area contributed by atoms with Crippen LogP contribution in [-0.2, 0) is 4.79 Å². The van der Waals surface area contributed by atoms with Crippen molar-refractivity contribution in [2.24, 2.45) is 0 Å². The summed E-state index contributed by atoms with van der Waals surface area (Å²) in [7, 11) is 0. The Kier molecular flexibility index (Phi) is 6.10. The molecule has 3 N–H and O–H groups in total. The molecule has 0 radical (unpaired) electrons. The van der Waals surface area contributed by atoms with Crippen molar-refractivity contribution < 1.29 is 9.21 Å². The third-order valence-corrected chi connectivity index (χ3v) is 5.66. The molecule has 2 heterocycles. The van der Waals surface area contributed by atoms with Crippen LogP contribution in [0.5, 0.6) is 0 Å². The van der Waals surface area contributed by atoms with E-state index in [2.05, 4.69) is 16.4 Å². The Morgan fingerprint density at radius 3 is 2.40 bits per heavy atom. The zero-order valence-electron chi connectivity index (χ0n) is 16.7.